The molecule has 114 valence electrons. The zero-order chi connectivity index (χ0) is 15.0. The molecule has 0 saturated heterocycles. The van der Waals surface area contributed by atoms with Crippen molar-refractivity contribution in [3.05, 3.63) is 23.8 Å². The van der Waals surface area contributed by atoms with Crippen molar-refractivity contribution in [2.24, 2.45) is 5.92 Å². The molecule has 0 aromatic heterocycles. The van der Waals surface area contributed by atoms with E-state index in [0.717, 1.165) is 12.1 Å². The Morgan fingerprint density at radius 1 is 1.15 bits per heavy atom. The molecule has 0 atom stereocenters. The van der Waals surface area contributed by atoms with Crippen LogP contribution >= 0.6 is 0 Å². The van der Waals surface area contributed by atoms with E-state index in [-0.39, 0.29) is 0 Å². The second-order valence-corrected chi connectivity index (χ2v) is 4.94. The number of rotatable bonds is 9. The molecule has 5 heteroatoms. The van der Waals surface area contributed by atoms with E-state index in [1.807, 2.05) is 19.1 Å². The number of benzene rings is 1. The van der Waals surface area contributed by atoms with Crippen LogP contribution in [-0.4, -0.2) is 26.2 Å². The molecule has 1 rings (SSSR count). The average molecular weight is 287 g/mol. The van der Waals surface area contributed by atoms with Gasteiger partial charge in [-0.25, -0.2) is 8.78 Å². The van der Waals surface area contributed by atoms with E-state index in [0.29, 0.717) is 30.6 Å². The molecule has 0 aliphatic heterocycles. The highest BCUT2D eigenvalue weighted by Crippen LogP contribution is 2.28. The van der Waals surface area contributed by atoms with Crippen molar-refractivity contribution < 1.29 is 18.3 Å². The standard InChI is InChI=1S/C15H23F2NO2/c1-4-19-14-7-12(9-18-8-11(2)3)5-6-13(14)20-10-15(16)17/h5-7,11,15,18H,4,8-10H2,1-3H3. The molecule has 0 unspecified atom stereocenters. The largest absolute Gasteiger partial charge is 0.490 e. The Labute approximate surface area is 119 Å². The van der Waals surface area contributed by atoms with E-state index in [1.54, 1.807) is 6.07 Å². The van der Waals surface area contributed by atoms with Gasteiger partial charge in [0.1, 0.15) is 6.61 Å². The van der Waals surface area contributed by atoms with Crippen LogP contribution in [0, 0.1) is 5.92 Å². The molecule has 1 aromatic carbocycles. The van der Waals surface area contributed by atoms with Crippen LogP contribution in [0.25, 0.3) is 0 Å². The Kier molecular flexibility index (Phi) is 7.30. The van der Waals surface area contributed by atoms with Crippen LogP contribution in [0.1, 0.15) is 26.3 Å². The Hall–Kier alpha value is -1.36. The fourth-order valence-electron chi connectivity index (χ4n) is 1.71. The summed E-state index contributed by atoms with van der Waals surface area (Å²) in [5.41, 5.74) is 1.04. The van der Waals surface area contributed by atoms with Crippen molar-refractivity contribution in [2.45, 2.75) is 33.7 Å². The number of halogens is 2. The van der Waals surface area contributed by atoms with Gasteiger partial charge in [0.25, 0.3) is 6.43 Å². The van der Waals surface area contributed by atoms with Crippen LogP contribution in [-0.2, 0) is 6.54 Å². The lowest BCUT2D eigenvalue weighted by molar-refractivity contribution is 0.0800. The van der Waals surface area contributed by atoms with Crippen LogP contribution in [0.4, 0.5) is 8.78 Å². The number of hydrogen-bond acceptors (Lipinski definition) is 3. The van der Waals surface area contributed by atoms with Gasteiger partial charge in [0.05, 0.1) is 6.61 Å². The van der Waals surface area contributed by atoms with Gasteiger partial charge in [-0.3, -0.25) is 0 Å². The smallest absolute Gasteiger partial charge is 0.272 e. The molecule has 0 heterocycles. The Morgan fingerprint density at radius 2 is 1.90 bits per heavy atom. The molecular weight excluding hydrogens is 264 g/mol. The minimum Gasteiger partial charge on any atom is -0.490 e. The summed E-state index contributed by atoms with van der Waals surface area (Å²) in [6.45, 7) is 7.61. The van der Waals surface area contributed by atoms with Crippen molar-refractivity contribution in [3.63, 3.8) is 0 Å². The highest BCUT2D eigenvalue weighted by Gasteiger charge is 2.10. The summed E-state index contributed by atoms with van der Waals surface area (Å²) < 4.78 is 34.9. The third kappa shape index (κ3) is 6.19. The predicted molar refractivity (Wildman–Crippen MR) is 75.7 cm³/mol. The lowest BCUT2D eigenvalue weighted by Gasteiger charge is -2.14. The van der Waals surface area contributed by atoms with Crippen molar-refractivity contribution in [1.82, 2.24) is 5.32 Å². The van der Waals surface area contributed by atoms with Crippen LogP contribution in [0.15, 0.2) is 18.2 Å². The molecule has 0 radical (unpaired) electrons. The van der Waals surface area contributed by atoms with Crippen molar-refractivity contribution in [2.75, 3.05) is 19.8 Å². The Bertz CT molecular complexity index is 397. The summed E-state index contributed by atoms with van der Waals surface area (Å²) in [6, 6.07) is 5.37. The maximum Gasteiger partial charge on any atom is 0.272 e. The van der Waals surface area contributed by atoms with Crippen molar-refractivity contribution in [3.8, 4) is 11.5 Å². The molecule has 1 N–H and O–H groups in total. The lowest BCUT2D eigenvalue weighted by Crippen LogP contribution is -2.19. The summed E-state index contributed by atoms with van der Waals surface area (Å²) in [7, 11) is 0. The third-order valence-corrected chi connectivity index (χ3v) is 2.55. The van der Waals surface area contributed by atoms with Gasteiger partial charge >= 0.3 is 0 Å². The van der Waals surface area contributed by atoms with E-state index >= 15 is 0 Å². The molecule has 0 fully saturated rings. The highest BCUT2D eigenvalue weighted by atomic mass is 19.3. The van der Waals surface area contributed by atoms with Gasteiger partial charge in [-0.2, -0.15) is 0 Å². The first-order valence-electron chi connectivity index (χ1n) is 6.90. The normalized spacial score (nSPS) is 11.2. The lowest BCUT2D eigenvalue weighted by atomic mass is 10.2. The number of ether oxygens (including phenoxy) is 2. The van der Waals surface area contributed by atoms with E-state index < -0.39 is 13.0 Å². The summed E-state index contributed by atoms with van der Waals surface area (Å²) in [5, 5.41) is 3.32. The van der Waals surface area contributed by atoms with E-state index in [1.165, 1.54) is 0 Å². The molecular formula is C15H23F2NO2. The maximum atomic E-state index is 12.2. The molecule has 0 amide bonds. The van der Waals surface area contributed by atoms with Gasteiger partial charge in [-0.1, -0.05) is 19.9 Å². The van der Waals surface area contributed by atoms with Gasteiger partial charge in [0, 0.05) is 6.54 Å². The minimum absolute atomic E-state index is 0.361. The van der Waals surface area contributed by atoms with Crippen LogP contribution in [0.2, 0.25) is 0 Å². The molecule has 1 aromatic rings. The third-order valence-electron chi connectivity index (χ3n) is 2.55. The van der Waals surface area contributed by atoms with Gasteiger partial charge < -0.3 is 14.8 Å². The van der Waals surface area contributed by atoms with Gasteiger partial charge in [-0.15, -0.1) is 0 Å². The molecule has 0 aliphatic rings. The molecule has 0 aliphatic carbocycles. The van der Waals surface area contributed by atoms with E-state index in [9.17, 15) is 8.78 Å². The van der Waals surface area contributed by atoms with Gasteiger partial charge in [-0.05, 0) is 37.1 Å². The fraction of sp³-hybridized carbons (Fsp3) is 0.600. The Balaban J connectivity index is 2.67. The molecule has 0 saturated carbocycles. The van der Waals surface area contributed by atoms with E-state index in [2.05, 4.69) is 19.2 Å². The zero-order valence-electron chi connectivity index (χ0n) is 12.3. The van der Waals surface area contributed by atoms with Crippen LogP contribution < -0.4 is 14.8 Å². The second kappa shape index (κ2) is 8.74. The zero-order valence-corrected chi connectivity index (χ0v) is 12.3. The van der Waals surface area contributed by atoms with Gasteiger partial charge in [0.15, 0.2) is 11.5 Å². The predicted octanol–water partition coefficient (Wildman–Crippen LogP) is 3.47. The van der Waals surface area contributed by atoms with Gasteiger partial charge in [0.2, 0.25) is 0 Å². The summed E-state index contributed by atoms with van der Waals surface area (Å²) in [5.74, 6) is 1.45. The van der Waals surface area contributed by atoms with Crippen molar-refractivity contribution in [1.29, 1.82) is 0 Å². The summed E-state index contributed by atoms with van der Waals surface area (Å²) in [4.78, 5) is 0. The summed E-state index contributed by atoms with van der Waals surface area (Å²) >= 11 is 0. The molecule has 3 nitrogen and oxygen atoms in total. The molecule has 0 bridgehead atoms. The average Bonchev–Trinajstić information content (AvgIpc) is 2.37. The number of nitrogens with one attached hydrogen (secondary N) is 1. The quantitative estimate of drug-likeness (QED) is 0.754. The van der Waals surface area contributed by atoms with Crippen LogP contribution in [0.5, 0.6) is 11.5 Å². The second-order valence-electron chi connectivity index (χ2n) is 4.94. The minimum atomic E-state index is -2.49. The Morgan fingerprint density at radius 3 is 2.50 bits per heavy atom. The first-order valence-corrected chi connectivity index (χ1v) is 6.90. The number of hydrogen-bond donors (Lipinski definition) is 1. The first kappa shape index (κ1) is 16.7. The SMILES string of the molecule is CCOc1cc(CNCC(C)C)ccc1OCC(F)F. The fourth-order valence-corrected chi connectivity index (χ4v) is 1.71. The topological polar surface area (TPSA) is 30.5 Å². The van der Waals surface area contributed by atoms with Crippen LogP contribution in [0.3, 0.4) is 0 Å². The van der Waals surface area contributed by atoms with Crippen molar-refractivity contribution >= 4 is 0 Å². The summed E-state index contributed by atoms with van der Waals surface area (Å²) in [6.07, 6.45) is -2.49. The monoisotopic (exact) mass is 287 g/mol. The first-order chi connectivity index (χ1) is 9.52. The molecule has 20 heavy (non-hydrogen) atoms. The van der Waals surface area contributed by atoms with E-state index in [4.69, 9.17) is 9.47 Å². The highest BCUT2D eigenvalue weighted by molar-refractivity contribution is 5.43. The number of alkyl halides is 2. The maximum absolute atomic E-state index is 12.2. The molecule has 0 spiro atoms.